The van der Waals surface area contributed by atoms with E-state index in [0.717, 1.165) is 5.56 Å². The van der Waals surface area contributed by atoms with Crippen molar-refractivity contribution in [2.75, 3.05) is 6.54 Å². The number of aliphatic hydroxyl groups is 1. The fourth-order valence-electron chi connectivity index (χ4n) is 2.02. The Bertz CT molecular complexity index is 593. The van der Waals surface area contributed by atoms with Crippen LogP contribution in [0.4, 0.5) is 0 Å². The van der Waals surface area contributed by atoms with Crippen LogP contribution < -0.4 is 10.1 Å². The van der Waals surface area contributed by atoms with E-state index in [1.807, 2.05) is 37.3 Å². The van der Waals surface area contributed by atoms with E-state index in [1.54, 1.807) is 31.2 Å². The van der Waals surface area contributed by atoms with Gasteiger partial charge < -0.3 is 15.2 Å². The summed E-state index contributed by atoms with van der Waals surface area (Å²) >= 11 is 0. The van der Waals surface area contributed by atoms with Crippen molar-refractivity contribution in [1.29, 1.82) is 0 Å². The highest BCUT2D eigenvalue weighted by Gasteiger charge is 2.09. The minimum absolute atomic E-state index is 0.0592. The lowest BCUT2D eigenvalue weighted by atomic mass is 10.1. The van der Waals surface area contributed by atoms with Crippen LogP contribution in [0.3, 0.4) is 0 Å². The SMILES string of the molecule is CC(Oc1ccc(C(=O)NC[C@@H](C)O)cc1)c1ccccc1. The zero-order valence-corrected chi connectivity index (χ0v) is 12.8. The Kier molecular flexibility index (Phi) is 5.55. The van der Waals surface area contributed by atoms with Crippen LogP contribution >= 0.6 is 0 Å². The van der Waals surface area contributed by atoms with E-state index in [4.69, 9.17) is 9.84 Å². The van der Waals surface area contributed by atoms with Crippen molar-refractivity contribution in [2.45, 2.75) is 26.1 Å². The number of nitrogens with one attached hydrogen (secondary N) is 1. The lowest BCUT2D eigenvalue weighted by Gasteiger charge is -2.15. The Morgan fingerprint density at radius 3 is 2.32 bits per heavy atom. The van der Waals surface area contributed by atoms with Crippen molar-refractivity contribution in [2.24, 2.45) is 0 Å². The van der Waals surface area contributed by atoms with Crippen molar-refractivity contribution in [3.63, 3.8) is 0 Å². The van der Waals surface area contributed by atoms with E-state index in [1.165, 1.54) is 0 Å². The molecule has 0 fully saturated rings. The molecule has 2 rings (SSSR count). The Balaban J connectivity index is 1.96. The molecule has 0 radical (unpaired) electrons. The molecule has 0 aliphatic rings. The fraction of sp³-hybridized carbons (Fsp3) is 0.278. The van der Waals surface area contributed by atoms with Crippen LogP contribution in [0.5, 0.6) is 5.75 Å². The Morgan fingerprint density at radius 1 is 1.09 bits per heavy atom. The van der Waals surface area contributed by atoms with Crippen LogP contribution in [0.2, 0.25) is 0 Å². The predicted molar refractivity (Wildman–Crippen MR) is 85.9 cm³/mol. The number of benzene rings is 2. The third-order valence-electron chi connectivity index (χ3n) is 3.26. The van der Waals surface area contributed by atoms with Crippen molar-refractivity contribution < 1.29 is 14.6 Å². The average molecular weight is 299 g/mol. The van der Waals surface area contributed by atoms with Gasteiger partial charge in [0, 0.05) is 12.1 Å². The lowest BCUT2D eigenvalue weighted by molar-refractivity contribution is 0.0924. The molecule has 0 aliphatic carbocycles. The summed E-state index contributed by atoms with van der Waals surface area (Å²) in [5, 5.41) is 11.8. The summed E-state index contributed by atoms with van der Waals surface area (Å²) in [6.45, 7) is 3.85. The summed E-state index contributed by atoms with van der Waals surface area (Å²) in [6.07, 6.45) is -0.616. The molecule has 116 valence electrons. The topological polar surface area (TPSA) is 58.6 Å². The first kappa shape index (κ1) is 16.0. The molecular formula is C18H21NO3. The minimum Gasteiger partial charge on any atom is -0.486 e. The molecule has 22 heavy (non-hydrogen) atoms. The Labute approximate surface area is 130 Å². The monoisotopic (exact) mass is 299 g/mol. The van der Waals surface area contributed by atoms with Crippen LogP contribution in [-0.4, -0.2) is 23.7 Å². The van der Waals surface area contributed by atoms with Gasteiger partial charge in [0.05, 0.1) is 6.10 Å². The Morgan fingerprint density at radius 2 is 1.73 bits per heavy atom. The number of rotatable bonds is 6. The van der Waals surface area contributed by atoms with Gasteiger partial charge >= 0.3 is 0 Å². The second kappa shape index (κ2) is 7.61. The van der Waals surface area contributed by atoms with Gasteiger partial charge in [0.25, 0.3) is 5.91 Å². The number of aliphatic hydroxyl groups excluding tert-OH is 1. The molecule has 0 heterocycles. The summed E-state index contributed by atoms with van der Waals surface area (Å²) in [7, 11) is 0. The van der Waals surface area contributed by atoms with Gasteiger partial charge in [-0.2, -0.15) is 0 Å². The largest absolute Gasteiger partial charge is 0.486 e. The molecule has 0 aliphatic heterocycles. The summed E-state index contributed by atoms with van der Waals surface area (Å²) in [4.78, 5) is 11.8. The first-order valence-electron chi connectivity index (χ1n) is 7.34. The second-order valence-corrected chi connectivity index (χ2v) is 5.25. The number of hydrogen-bond acceptors (Lipinski definition) is 3. The smallest absolute Gasteiger partial charge is 0.251 e. The highest BCUT2D eigenvalue weighted by Crippen LogP contribution is 2.21. The summed E-state index contributed by atoms with van der Waals surface area (Å²) in [5.41, 5.74) is 1.64. The third-order valence-corrected chi connectivity index (χ3v) is 3.26. The zero-order chi connectivity index (χ0) is 15.9. The lowest BCUT2D eigenvalue weighted by Crippen LogP contribution is -2.30. The molecule has 2 aromatic rings. The first-order valence-corrected chi connectivity index (χ1v) is 7.34. The van der Waals surface area contributed by atoms with Crippen molar-refractivity contribution in [1.82, 2.24) is 5.32 Å². The fourth-order valence-corrected chi connectivity index (χ4v) is 2.02. The van der Waals surface area contributed by atoms with Gasteiger partial charge in [-0.1, -0.05) is 30.3 Å². The van der Waals surface area contributed by atoms with Crippen molar-refractivity contribution >= 4 is 5.91 Å². The maximum absolute atomic E-state index is 11.8. The van der Waals surface area contributed by atoms with E-state index < -0.39 is 6.10 Å². The normalized spacial score (nSPS) is 13.2. The molecule has 4 nitrogen and oxygen atoms in total. The van der Waals surface area contributed by atoms with Gasteiger partial charge in [0.15, 0.2) is 0 Å². The van der Waals surface area contributed by atoms with Crippen molar-refractivity contribution in [3.8, 4) is 5.75 Å². The molecule has 1 amide bonds. The standard InChI is InChI=1S/C18H21NO3/c1-13(20)12-19-18(21)16-8-10-17(11-9-16)22-14(2)15-6-4-3-5-7-15/h3-11,13-14,20H,12H2,1-2H3,(H,19,21)/t13-,14?/m1/s1. The van der Waals surface area contributed by atoms with Crippen LogP contribution in [0.15, 0.2) is 54.6 Å². The number of hydrogen-bond donors (Lipinski definition) is 2. The molecule has 2 N–H and O–H groups in total. The van der Waals surface area contributed by atoms with Gasteiger partial charge in [-0.05, 0) is 43.7 Å². The molecule has 2 aromatic carbocycles. The van der Waals surface area contributed by atoms with Gasteiger partial charge in [-0.15, -0.1) is 0 Å². The molecule has 4 heteroatoms. The summed E-state index contributed by atoms with van der Waals surface area (Å²) in [5.74, 6) is 0.506. The van der Waals surface area contributed by atoms with E-state index in [9.17, 15) is 4.79 Å². The average Bonchev–Trinajstić information content (AvgIpc) is 2.54. The van der Waals surface area contributed by atoms with Gasteiger partial charge in [-0.25, -0.2) is 0 Å². The summed E-state index contributed by atoms with van der Waals surface area (Å²) in [6, 6.07) is 16.9. The van der Waals surface area contributed by atoms with E-state index in [2.05, 4.69) is 5.32 Å². The molecule has 0 saturated heterocycles. The highest BCUT2D eigenvalue weighted by atomic mass is 16.5. The molecule has 2 atom stereocenters. The predicted octanol–water partition coefficient (Wildman–Crippen LogP) is 2.94. The summed E-state index contributed by atoms with van der Waals surface area (Å²) < 4.78 is 5.86. The maximum Gasteiger partial charge on any atom is 0.251 e. The van der Waals surface area contributed by atoms with Crippen LogP contribution in [-0.2, 0) is 0 Å². The number of carbonyl (C=O) groups excluding carboxylic acids is 1. The first-order chi connectivity index (χ1) is 10.6. The number of carbonyl (C=O) groups is 1. The Hall–Kier alpha value is -2.33. The minimum atomic E-state index is -0.557. The van der Waals surface area contributed by atoms with E-state index in [-0.39, 0.29) is 18.6 Å². The van der Waals surface area contributed by atoms with Gasteiger partial charge in [0.1, 0.15) is 11.9 Å². The molecule has 0 saturated carbocycles. The number of ether oxygens (including phenoxy) is 1. The van der Waals surface area contributed by atoms with Gasteiger partial charge in [-0.3, -0.25) is 4.79 Å². The molecular weight excluding hydrogens is 278 g/mol. The van der Waals surface area contributed by atoms with E-state index in [0.29, 0.717) is 11.3 Å². The third kappa shape index (κ3) is 4.60. The van der Waals surface area contributed by atoms with Crippen LogP contribution in [0.1, 0.15) is 35.9 Å². The maximum atomic E-state index is 11.8. The quantitative estimate of drug-likeness (QED) is 0.862. The van der Waals surface area contributed by atoms with E-state index >= 15 is 0 Å². The van der Waals surface area contributed by atoms with Crippen LogP contribution in [0, 0.1) is 0 Å². The molecule has 1 unspecified atom stereocenters. The van der Waals surface area contributed by atoms with Crippen LogP contribution in [0.25, 0.3) is 0 Å². The second-order valence-electron chi connectivity index (χ2n) is 5.25. The molecule has 0 aromatic heterocycles. The number of amides is 1. The highest BCUT2D eigenvalue weighted by molar-refractivity contribution is 5.94. The zero-order valence-electron chi connectivity index (χ0n) is 12.8. The van der Waals surface area contributed by atoms with Crippen molar-refractivity contribution in [3.05, 3.63) is 65.7 Å². The van der Waals surface area contributed by atoms with Gasteiger partial charge in [0.2, 0.25) is 0 Å². The molecule has 0 bridgehead atoms. The molecule has 0 spiro atoms.